The van der Waals surface area contributed by atoms with Crippen LogP contribution in [0.3, 0.4) is 0 Å². The van der Waals surface area contributed by atoms with Gasteiger partial charge in [0.2, 0.25) is 0 Å². The summed E-state index contributed by atoms with van der Waals surface area (Å²) in [6.07, 6.45) is 0. The molecule has 0 aliphatic heterocycles. The maximum absolute atomic E-state index is 13.9. The van der Waals surface area contributed by atoms with E-state index in [1.54, 1.807) is 0 Å². The van der Waals surface area contributed by atoms with Gasteiger partial charge in [-0.15, -0.1) is 0 Å². The van der Waals surface area contributed by atoms with Gasteiger partial charge in [0.25, 0.3) is 0 Å². The summed E-state index contributed by atoms with van der Waals surface area (Å²) < 4.78 is 32.4. The summed E-state index contributed by atoms with van der Waals surface area (Å²) in [6.45, 7) is 1.26. The third-order valence-electron chi connectivity index (χ3n) is 2.68. The smallest absolute Gasteiger partial charge is 0.190 e. The van der Waals surface area contributed by atoms with Gasteiger partial charge in [0.05, 0.1) is 17.1 Å². The molecule has 21 heavy (non-hydrogen) atoms. The van der Waals surface area contributed by atoms with E-state index in [1.165, 1.54) is 14.0 Å². The minimum absolute atomic E-state index is 0.00393. The molecular weight excluding hydrogens is 348 g/mol. The molecule has 0 radical (unpaired) electrons. The number of hydrogen-bond acceptors (Lipinski definition) is 5. The molecular formula is C13H10BrF2N3O2. The van der Waals surface area contributed by atoms with Crippen LogP contribution in [0, 0.1) is 11.6 Å². The molecule has 2 aromatic rings. The molecule has 0 bridgehead atoms. The fourth-order valence-electron chi connectivity index (χ4n) is 1.72. The summed E-state index contributed by atoms with van der Waals surface area (Å²) in [5.74, 6) is -2.18. The number of ketones is 1. The van der Waals surface area contributed by atoms with Crippen LogP contribution in [0.1, 0.15) is 17.4 Å². The Bertz CT molecular complexity index is 738. The number of carbonyl (C=O) groups is 1. The number of benzene rings is 1. The zero-order chi connectivity index (χ0) is 15.7. The van der Waals surface area contributed by atoms with Crippen LogP contribution in [0.25, 0.3) is 11.4 Å². The number of Topliss-reactive ketones (excluding diaryl/α,β-unsaturated/α-hetero) is 1. The average molecular weight is 358 g/mol. The number of methoxy groups -OCH3 is 1. The number of halogens is 3. The first kappa shape index (κ1) is 15.3. The van der Waals surface area contributed by atoms with Crippen molar-refractivity contribution in [2.45, 2.75) is 6.92 Å². The van der Waals surface area contributed by atoms with Gasteiger partial charge >= 0.3 is 0 Å². The summed E-state index contributed by atoms with van der Waals surface area (Å²) in [5, 5.41) is 0. The van der Waals surface area contributed by atoms with Crippen LogP contribution in [0.4, 0.5) is 14.6 Å². The minimum atomic E-state index is -0.748. The van der Waals surface area contributed by atoms with E-state index < -0.39 is 17.4 Å². The maximum atomic E-state index is 13.9. The van der Waals surface area contributed by atoms with Gasteiger partial charge < -0.3 is 10.5 Å². The van der Waals surface area contributed by atoms with Crippen LogP contribution < -0.4 is 10.5 Å². The van der Waals surface area contributed by atoms with Crippen molar-refractivity contribution >= 4 is 27.5 Å². The monoisotopic (exact) mass is 357 g/mol. The van der Waals surface area contributed by atoms with Crippen molar-refractivity contribution in [2.75, 3.05) is 12.8 Å². The van der Waals surface area contributed by atoms with E-state index in [0.717, 1.165) is 12.1 Å². The Kier molecular flexibility index (Phi) is 4.17. The number of carbonyl (C=O) groups excluding carboxylic acids is 1. The van der Waals surface area contributed by atoms with Crippen LogP contribution in [-0.4, -0.2) is 22.9 Å². The maximum Gasteiger partial charge on any atom is 0.190 e. The summed E-state index contributed by atoms with van der Waals surface area (Å²) in [6, 6.07) is 1.87. The lowest BCUT2D eigenvalue weighted by atomic mass is 10.1. The second kappa shape index (κ2) is 5.72. The number of nitrogens with zero attached hydrogens (tertiary/aromatic N) is 2. The molecule has 0 aliphatic carbocycles. The van der Waals surface area contributed by atoms with Crippen molar-refractivity contribution in [3.63, 3.8) is 0 Å². The van der Waals surface area contributed by atoms with Crippen molar-refractivity contribution < 1.29 is 18.3 Å². The second-order valence-electron chi connectivity index (χ2n) is 4.12. The molecule has 110 valence electrons. The predicted molar refractivity (Wildman–Crippen MR) is 76.1 cm³/mol. The van der Waals surface area contributed by atoms with Crippen molar-refractivity contribution in [1.82, 2.24) is 9.97 Å². The summed E-state index contributed by atoms with van der Waals surface area (Å²) in [7, 11) is 1.31. The molecule has 1 aromatic heterocycles. The topological polar surface area (TPSA) is 78.1 Å². The van der Waals surface area contributed by atoms with Crippen molar-refractivity contribution in [3.8, 4) is 17.1 Å². The minimum Gasteiger partial charge on any atom is -0.491 e. The Morgan fingerprint density at radius 2 is 1.95 bits per heavy atom. The number of rotatable bonds is 3. The third-order valence-corrected chi connectivity index (χ3v) is 3.29. The van der Waals surface area contributed by atoms with Crippen molar-refractivity contribution in [3.05, 3.63) is 33.9 Å². The van der Waals surface area contributed by atoms with Crippen LogP contribution in [0.15, 0.2) is 16.6 Å². The number of anilines is 1. The number of hydrogen-bond donors (Lipinski definition) is 1. The quantitative estimate of drug-likeness (QED) is 0.674. The Hall–Kier alpha value is -2.09. The molecule has 0 fully saturated rings. The van der Waals surface area contributed by atoms with E-state index in [1.807, 2.05) is 0 Å². The Morgan fingerprint density at radius 1 is 1.29 bits per heavy atom. The van der Waals surface area contributed by atoms with E-state index >= 15 is 0 Å². The molecule has 0 amide bonds. The SMILES string of the molecule is COc1c(N)nc(-c2cc(F)c(Br)cc2F)nc1C(C)=O. The lowest BCUT2D eigenvalue weighted by Crippen LogP contribution is -2.09. The summed E-state index contributed by atoms with van der Waals surface area (Å²) in [5.41, 5.74) is 5.38. The van der Waals surface area contributed by atoms with E-state index in [2.05, 4.69) is 25.9 Å². The molecule has 8 heteroatoms. The highest BCUT2D eigenvalue weighted by atomic mass is 79.9. The first-order chi connectivity index (χ1) is 9.85. The molecule has 5 nitrogen and oxygen atoms in total. The highest BCUT2D eigenvalue weighted by Gasteiger charge is 2.20. The predicted octanol–water partition coefficient (Wildman–Crippen LogP) is 2.98. The lowest BCUT2D eigenvalue weighted by molar-refractivity contribution is 0.101. The fourth-order valence-corrected chi connectivity index (χ4v) is 2.04. The van der Waals surface area contributed by atoms with Gasteiger partial charge in [-0.3, -0.25) is 4.79 Å². The van der Waals surface area contributed by atoms with Crippen LogP contribution in [0.2, 0.25) is 0 Å². The van der Waals surface area contributed by atoms with Gasteiger partial charge in [-0.1, -0.05) is 0 Å². The fraction of sp³-hybridized carbons (Fsp3) is 0.154. The molecule has 0 unspecified atom stereocenters. The zero-order valence-electron chi connectivity index (χ0n) is 11.1. The highest BCUT2D eigenvalue weighted by Crippen LogP contribution is 2.30. The number of ether oxygens (including phenoxy) is 1. The van der Waals surface area contributed by atoms with Crippen molar-refractivity contribution in [1.29, 1.82) is 0 Å². The van der Waals surface area contributed by atoms with E-state index in [9.17, 15) is 13.6 Å². The van der Waals surface area contributed by atoms with Gasteiger partial charge in [-0.05, 0) is 28.1 Å². The van der Waals surface area contributed by atoms with Crippen molar-refractivity contribution in [2.24, 2.45) is 0 Å². The number of nitrogen functional groups attached to an aromatic ring is 1. The van der Waals surface area contributed by atoms with E-state index in [4.69, 9.17) is 10.5 Å². The van der Waals surface area contributed by atoms with Gasteiger partial charge in [-0.2, -0.15) is 0 Å². The molecule has 0 spiro atoms. The van der Waals surface area contributed by atoms with Gasteiger partial charge in [0, 0.05) is 6.92 Å². The number of aromatic nitrogens is 2. The largest absolute Gasteiger partial charge is 0.491 e. The van der Waals surface area contributed by atoms with Crippen LogP contribution in [0.5, 0.6) is 5.75 Å². The molecule has 0 aliphatic rings. The number of nitrogens with two attached hydrogens (primary N) is 1. The normalized spacial score (nSPS) is 10.5. The zero-order valence-corrected chi connectivity index (χ0v) is 12.7. The third kappa shape index (κ3) is 2.85. The molecule has 2 N–H and O–H groups in total. The standard InChI is InChI=1S/C13H10BrF2N3O2/c1-5(20)10-11(21-2)12(17)19-13(18-10)6-3-9(16)7(14)4-8(6)15/h3-4H,1-2H3,(H2,17,18,19). The first-order valence-electron chi connectivity index (χ1n) is 5.72. The summed E-state index contributed by atoms with van der Waals surface area (Å²) >= 11 is 2.87. The van der Waals surface area contributed by atoms with Crippen LogP contribution in [-0.2, 0) is 0 Å². The lowest BCUT2D eigenvalue weighted by Gasteiger charge is -2.10. The first-order valence-corrected chi connectivity index (χ1v) is 6.51. The van der Waals surface area contributed by atoms with Crippen LogP contribution >= 0.6 is 15.9 Å². The Labute approximate surface area is 127 Å². The second-order valence-corrected chi connectivity index (χ2v) is 4.97. The van der Waals surface area contributed by atoms with E-state index in [0.29, 0.717) is 0 Å². The summed E-state index contributed by atoms with van der Waals surface area (Å²) in [4.78, 5) is 19.3. The Morgan fingerprint density at radius 3 is 2.52 bits per heavy atom. The molecule has 1 heterocycles. The average Bonchev–Trinajstić information content (AvgIpc) is 2.41. The van der Waals surface area contributed by atoms with Gasteiger partial charge in [0.1, 0.15) is 11.6 Å². The molecule has 0 saturated heterocycles. The highest BCUT2D eigenvalue weighted by molar-refractivity contribution is 9.10. The Balaban J connectivity index is 2.71. The van der Waals surface area contributed by atoms with Gasteiger partial charge in [0.15, 0.2) is 28.9 Å². The van der Waals surface area contributed by atoms with Gasteiger partial charge in [-0.25, -0.2) is 18.7 Å². The molecule has 0 atom stereocenters. The molecule has 2 rings (SSSR count). The molecule has 0 saturated carbocycles. The molecule has 1 aromatic carbocycles. The van der Waals surface area contributed by atoms with E-state index in [-0.39, 0.29) is 33.1 Å².